The summed E-state index contributed by atoms with van der Waals surface area (Å²) < 4.78 is 4.24. The Kier molecular flexibility index (Phi) is 5.94. The SMILES string of the molecule is Cc1nnc(SCCn2c(N3CCN(c4ccccc4)CC3)nc3c2c(=O)[nH]c(=O)n3C)s1. The minimum Gasteiger partial charge on any atom is -0.368 e. The molecule has 12 heteroatoms. The number of aromatic nitrogens is 6. The fraction of sp³-hybridized carbons (Fsp3) is 0.381. The number of hydrogen-bond acceptors (Lipinski definition) is 9. The van der Waals surface area contributed by atoms with Gasteiger partial charge in [-0.2, -0.15) is 4.98 Å². The molecule has 3 aromatic heterocycles. The molecule has 1 aromatic carbocycles. The second-order valence-electron chi connectivity index (χ2n) is 7.80. The minimum atomic E-state index is -0.462. The van der Waals surface area contributed by atoms with Crippen molar-refractivity contribution in [2.45, 2.75) is 17.8 Å². The number of para-hydroxylation sites is 1. The van der Waals surface area contributed by atoms with Crippen LogP contribution in [-0.2, 0) is 13.6 Å². The molecule has 4 aromatic rings. The normalized spacial score (nSPS) is 14.4. The lowest BCUT2D eigenvalue weighted by atomic mass is 10.2. The molecular weight excluding hydrogens is 460 g/mol. The molecule has 4 heterocycles. The van der Waals surface area contributed by atoms with Gasteiger partial charge in [0.1, 0.15) is 5.01 Å². The van der Waals surface area contributed by atoms with Crippen LogP contribution in [0.4, 0.5) is 11.6 Å². The van der Waals surface area contributed by atoms with Crippen LogP contribution in [0.1, 0.15) is 5.01 Å². The first-order chi connectivity index (χ1) is 16.0. The van der Waals surface area contributed by atoms with Crippen LogP contribution in [0.3, 0.4) is 0 Å². The van der Waals surface area contributed by atoms with Gasteiger partial charge in [-0.3, -0.25) is 14.3 Å². The second kappa shape index (κ2) is 9.02. The number of benzene rings is 1. The third-order valence-electron chi connectivity index (χ3n) is 5.72. The third kappa shape index (κ3) is 4.27. The molecule has 172 valence electrons. The van der Waals surface area contributed by atoms with E-state index >= 15 is 0 Å². The number of aromatic amines is 1. The van der Waals surface area contributed by atoms with Crippen LogP contribution in [0.25, 0.3) is 11.2 Å². The molecular formula is C21H24N8O2S2. The van der Waals surface area contributed by atoms with Gasteiger partial charge < -0.3 is 14.4 Å². The Bertz CT molecular complexity index is 1380. The quantitative estimate of drug-likeness (QED) is 0.413. The third-order valence-corrected chi connectivity index (χ3v) is 7.67. The Balaban J connectivity index is 1.44. The molecule has 0 bridgehead atoms. The van der Waals surface area contributed by atoms with Crippen LogP contribution in [0, 0.1) is 6.92 Å². The highest BCUT2D eigenvalue weighted by Crippen LogP contribution is 2.26. The molecule has 0 spiro atoms. The van der Waals surface area contributed by atoms with Gasteiger partial charge in [0.25, 0.3) is 5.56 Å². The van der Waals surface area contributed by atoms with Gasteiger partial charge in [-0.25, -0.2) is 4.79 Å². The zero-order valence-electron chi connectivity index (χ0n) is 18.4. The standard InChI is InChI=1S/C21H24N8O2S2/c1-14-24-25-21(33-14)32-13-12-29-16-17(26(2)20(31)23-18(16)30)22-19(29)28-10-8-27(9-11-28)15-6-4-3-5-7-15/h3-7H,8-13H2,1-2H3,(H,23,30,31). The van der Waals surface area contributed by atoms with Crippen LogP contribution in [0.2, 0.25) is 0 Å². The summed E-state index contributed by atoms with van der Waals surface area (Å²) in [7, 11) is 1.63. The summed E-state index contributed by atoms with van der Waals surface area (Å²) in [6, 6.07) is 10.3. The number of aryl methyl sites for hydroxylation is 3. The van der Waals surface area contributed by atoms with Gasteiger partial charge in [-0.15, -0.1) is 10.2 Å². The van der Waals surface area contributed by atoms with Gasteiger partial charge in [0.15, 0.2) is 15.5 Å². The molecule has 1 N–H and O–H groups in total. The van der Waals surface area contributed by atoms with Crippen molar-refractivity contribution in [1.82, 2.24) is 29.3 Å². The fourth-order valence-electron chi connectivity index (χ4n) is 4.04. The van der Waals surface area contributed by atoms with E-state index in [9.17, 15) is 9.59 Å². The summed E-state index contributed by atoms with van der Waals surface area (Å²) in [6.07, 6.45) is 0. The molecule has 0 aliphatic carbocycles. The summed E-state index contributed by atoms with van der Waals surface area (Å²) in [4.78, 5) is 36.7. The molecule has 10 nitrogen and oxygen atoms in total. The van der Waals surface area contributed by atoms with E-state index in [0.29, 0.717) is 23.5 Å². The molecule has 1 aliphatic heterocycles. The van der Waals surface area contributed by atoms with Gasteiger partial charge >= 0.3 is 5.69 Å². The highest BCUT2D eigenvalue weighted by atomic mass is 32.2. The van der Waals surface area contributed by atoms with E-state index < -0.39 is 11.2 Å². The highest BCUT2D eigenvalue weighted by molar-refractivity contribution is 8.01. The van der Waals surface area contributed by atoms with Crippen LogP contribution < -0.4 is 21.0 Å². The second-order valence-corrected chi connectivity index (χ2v) is 10.3. The zero-order valence-corrected chi connectivity index (χ0v) is 20.0. The Morgan fingerprint density at radius 3 is 2.48 bits per heavy atom. The summed E-state index contributed by atoms with van der Waals surface area (Å²) in [5.41, 5.74) is 1.16. The Hall–Kier alpha value is -3.12. The van der Waals surface area contributed by atoms with E-state index in [1.165, 1.54) is 10.3 Å². The average Bonchev–Trinajstić information content (AvgIpc) is 3.42. The number of fused-ring (bicyclic) bond motifs is 1. The number of hydrogen-bond donors (Lipinski definition) is 1. The van der Waals surface area contributed by atoms with Crippen molar-refractivity contribution in [2.24, 2.45) is 7.05 Å². The first-order valence-electron chi connectivity index (χ1n) is 10.7. The summed E-state index contributed by atoms with van der Waals surface area (Å²) in [6.45, 7) is 5.73. The molecule has 33 heavy (non-hydrogen) atoms. The number of rotatable bonds is 6. The zero-order chi connectivity index (χ0) is 22.9. The largest absolute Gasteiger partial charge is 0.368 e. The molecule has 0 unspecified atom stereocenters. The van der Waals surface area contributed by atoms with Crippen molar-refractivity contribution in [3.63, 3.8) is 0 Å². The Labute approximate surface area is 197 Å². The smallest absolute Gasteiger partial charge is 0.329 e. The van der Waals surface area contributed by atoms with E-state index in [4.69, 9.17) is 4.98 Å². The summed E-state index contributed by atoms with van der Waals surface area (Å²) >= 11 is 3.16. The maximum Gasteiger partial charge on any atom is 0.329 e. The lowest BCUT2D eigenvalue weighted by molar-refractivity contribution is 0.623. The number of nitrogens with zero attached hydrogens (tertiary/aromatic N) is 7. The van der Waals surface area contributed by atoms with Crippen molar-refractivity contribution in [1.29, 1.82) is 0 Å². The topological polar surface area (TPSA) is 105 Å². The number of thioether (sulfide) groups is 1. The number of nitrogens with one attached hydrogen (secondary N) is 1. The van der Waals surface area contributed by atoms with Gasteiger partial charge in [-0.1, -0.05) is 41.3 Å². The molecule has 0 amide bonds. The van der Waals surface area contributed by atoms with Gasteiger partial charge in [0.05, 0.1) is 0 Å². The molecule has 0 atom stereocenters. The van der Waals surface area contributed by atoms with Gasteiger partial charge in [-0.05, 0) is 19.1 Å². The van der Waals surface area contributed by atoms with E-state index in [2.05, 4.69) is 37.1 Å². The fourth-order valence-corrected chi connectivity index (χ4v) is 5.85. The molecule has 0 saturated carbocycles. The minimum absolute atomic E-state index is 0.404. The number of H-pyrrole nitrogens is 1. The number of piperazine rings is 1. The van der Waals surface area contributed by atoms with Crippen LogP contribution >= 0.6 is 23.1 Å². The monoisotopic (exact) mass is 484 g/mol. The predicted octanol–water partition coefficient (Wildman–Crippen LogP) is 1.70. The number of anilines is 2. The maximum absolute atomic E-state index is 12.8. The van der Waals surface area contributed by atoms with Crippen LogP contribution in [0.5, 0.6) is 0 Å². The first kappa shape index (κ1) is 21.7. The van der Waals surface area contributed by atoms with Gasteiger partial charge in [0.2, 0.25) is 5.95 Å². The van der Waals surface area contributed by atoms with E-state index in [0.717, 1.165) is 41.5 Å². The van der Waals surface area contributed by atoms with Crippen molar-refractivity contribution >= 4 is 45.9 Å². The Morgan fingerprint density at radius 1 is 1.06 bits per heavy atom. The Morgan fingerprint density at radius 2 is 1.79 bits per heavy atom. The molecule has 0 radical (unpaired) electrons. The molecule has 1 aliphatic rings. The van der Waals surface area contributed by atoms with E-state index in [-0.39, 0.29) is 0 Å². The van der Waals surface area contributed by atoms with Crippen molar-refractivity contribution in [3.8, 4) is 0 Å². The first-order valence-corrected chi connectivity index (χ1v) is 12.5. The van der Waals surface area contributed by atoms with E-state index in [1.807, 2.05) is 29.7 Å². The molecule has 1 saturated heterocycles. The van der Waals surface area contributed by atoms with E-state index in [1.54, 1.807) is 30.1 Å². The van der Waals surface area contributed by atoms with Crippen LogP contribution in [-0.4, -0.2) is 61.2 Å². The lowest BCUT2D eigenvalue weighted by Crippen LogP contribution is -2.47. The average molecular weight is 485 g/mol. The predicted molar refractivity (Wildman–Crippen MR) is 132 cm³/mol. The van der Waals surface area contributed by atoms with Crippen molar-refractivity contribution < 1.29 is 0 Å². The van der Waals surface area contributed by atoms with Gasteiger partial charge in [0, 0.05) is 51.2 Å². The molecule has 1 fully saturated rings. The summed E-state index contributed by atoms with van der Waals surface area (Å²) in [5.74, 6) is 1.43. The maximum atomic E-state index is 12.8. The molecule has 5 rings (SSSR count). The highest BCUT2D eigenvalue weighted by Gasteiger charge is 2.25. The van der Waals surface area contributed by atoms with Crippen molar-refractivity contribution in [3.05, 3.63) is 56.2 Å². The number of imidazole rings is 1. The summed E-state index contributed by atoms with van der Waals surface area (Å²) in [5, 5.41) is 9.16. The van der Waals surface area contributed by atoms with Crippen molar-refractivity contribution in [2.75, 3.05) is 41.7 Å². The van der Waals surface area contributed by atoms with Crippen LogP contribution in [0.15, 0.2) is 44.3 Å². The lowest BCUT2D eigenvalue weighted by Gasteiger charge is -2.36.